The van der Waals surface area contributed by atoms with Crippen molar-refractivity contribution in [1.29, 1.82) is 0 Å². The lowest BCUT2D eigenvalue weighted by molar-refractivity contribution is -1.03. The fraction of sp³-hybridized carbons (Fsp3) is 0.476. The molecule has 0 saturated carbocycles. The molecule has 4 rings (SSSR count). The molecule has 1 aliphatic rings. The maximum atomic E-state index is 4.48. The summed E-state index contributed by atoms with van der Waals surface area (Å²) < 4.78 is 2.01. The average Bonchev–Trinajstić information content (AvgIpc) is 3.37. The van der Waals surface area contributed by atoms with Gasteiger partial charge in [-0.05, 0) is 42.6 Å². The van der Waals surface area contributed by atoms with E-state index < -0.39 is 0 Å². The summed E-state index contributed by atoms with van der Waals surface area (Å²) in [6.07, 6.45) is 0. The summed E-state index contributed by atoms with van der Waals surface area (Å²) in [4.78, 5) is 4.58. The van der Waals surface area contributed by atoms with Crippen molar-refractivity contribution in [3.8, 4) is 0 Å². The first-order valence-corrected chi connectivity index (χ1v) is 10.9. The Labute approximate surface area is 170 Å². The summed E-state index contributed by atoms with van der Waals surface area (Å²) in [6.45, 7) is 12.2. The fourth-order valence-electron chi connectivity index (χ4n) is 4.09. The highest BCUT2D eigenvalue weighted by atomic mass is 32.1. The van der Waals surface area contributed by atoms with Crippen molar-refractivity contribution in [3.05, 3.63) is 64.1 Å². The molecule has 0 spiro atoms. The average molecular weight is 399 g/mol. The lowest BCUT2D eigenvalue weighted by Crippen LogP contribution is -3.27. The Morgan fingerprint density at radius 2 is 1.79 bits per heavy atom. The minimum Gasteiger partial charge on any atom is -0.322 e. The topological polar surface area (TPSA) is 52.5 Å². The van der Waals surface area contributed by atoms with Gasteiger partial charge < -0.3 is 9.80 Å². The molecule has 1 saturated heterocycles. The van der Waals surface area contributed by atoms with Gasteiger partial charge in [-0.15, -0.1) is 16.4 Å². The summed E-state index contributed by atoms with van der Waals surface area (Å²) >= 11 is 1.81. The smallest absolute Gasteiger partial charge is 0.215 e. The van der Waals surface area contributed by atoms with Crippen LogP contribution in [-0.2, 0) is 12.1 Å². The molecule has 2 N–H and O–H groups in total. The molecule has 7 heteroatoms. The molecule has 0 amide bonds. The van der Waals surface area contributed by atoms with Crippen molar-refractivity contribution in [1.82, 2.24) is 20.2 Å². The van der Waals surface area contributed by atoms with Gasteiger partial charge in [0, 0.05) is 5.56 Å². The van der Waals surface area contributed by atoms with Gasteiger partial charge in [0.25, 0.3) is 0 Å². The Morgan fingerprint density at radius 1 is 1.04 bits per heavy atom. The number of quaternary nitrogens is 2. The van der Waals surface area contributed by atoms with E-state index in [-0.39, 0.29) is 11.6 Å². The van der Waals surface area contributed by atoms with Crippen LogP contribution in [0.15, 0.2) is 47.8 Å². The highest BCUT2D eigenvalue weighted by Crippen LogP contribution is 2.25. The van der Waals surface area contributed by atoms with E-state index in [9.17, 15) is 0 Å². The van der Waals surface area contributed by atoms with Crippen molar-refractivity contribution in [3.63, 3.8) is 0 Å². The number of tetrazole rings is 1. The van der Waals surface area contributed by atoms with Crippen molar-refractivity contribution >= 4 is 11.3 Å². The first-order chi connectivity index (χ1) is 13.5. The number of rotatable bonds is 5. The third-order valence-corrected chi connectivity index (χ3v) is 6.46. The quantitative estimate of drug-likeness (QED) is 0.661. The van der Waals surface area contributed by atoms with Crippen LogP contribution in [0.25, 0.3) is 0 Å². The molecule has 1 aromatic carbocycles. The maximum absolute atomic E-state index is 4.48. The van der Waals surface area contributed by atoms with E-state index in [1.807, 2.05) is 16.0 Å². The second-order valence-corrected chi connectivity index (χ2v) is 9.62. The molecule has 6 nitrogen and oxygen atoms in total. The van der Waals surface area contributed by atoms with Gasteiger partial charge in [-0.2, -0.15) is 0 Å². The van der Waals surface area contributed by atoms with Gasteiger partial charge in [0.05, 0.1) is 10.4 Å². The van der Waals surface area contributed by atoms with E-state index in [1.165, 1.54) is 23.5 Å². The normalized spacial score (nSPS) is 21.5. The van der Waals surface area contributed by atoms with Gasteiger partial charge in [0.2, 0.25) is 5.82 Å². The maximum Gasteiger partial charge on any atom is 0.215 e. The highest BCUT2D eigenvalue weighted by molar-refractivity contribution is 7.10. The Kier molecular flexibility index (Phi) is 5.57. The number of nitrogens with zero attached hydrogens (tertiary/aromatic N) is 4. The van der Waals surface area contributed by atoms with Crippen molar-refractivity contribution in [2.45, 2.75) is 38.9 Å². The number of nitrogens with one attached hydrogen (secondary N) is 2. The van der Waals surface area contributed by atoms with Gasteiger partial charge in [-0.25, -0.2) is 4.68 Å². The molecule has 0 radical (unpaired) electrons. The van der Waals surface area contributed by atoms with Crippen LogP contribution in [-0.4, -0.2) is 46.4 Å². The molecular formula is C21H30N6S+2. The number of aromatic nitrogens is 4. The molecule has 1 fully saturated rings. The van der Waals surface area contributed by atoms with Crippen LogP contribution in [0, 0.1) is 0 Å². The van der Waals surface area contributed by atoms with E-state index in [0.717, 1.165) is 25.5 Å². The van der Waals surface area contributed by atoms with Crippen LogP contribution >= 0.6 is 11.3 Å². The summed E-state index contributed by atoms with van der Waals surface area (Å²) in [5, 5.41) is 15.0. The zero-order chi connectivity index (χ0) is 19.6. The molecular weight excluding hydrogens is 368 g/mol. The van der Waals surface area contributed by atoms with Crippen molar-refractivity contribution in [2.24, 2.45) is 0 Å². The second-order valence-electron chi connectivity index (χ2n) is 8.64. The minimum atomic E-state index is -0.131. The zero-order valence-electron chi connectivity index (χ0n) is 16.9. The predicted octanol–water partition coefficient (Wildman–Crippen LogP) is 0.563. The van der Waals surface area contributed by atoms with E-state index in [2.05, 4.69) is 84.1 Å². The Bertz CT molecular complexity index is 860. The molecule has 28 heavy (non-hydrogen) atoms. The van der Waals surface area contributed by atoms with Crippen LogP contribution < -0.4 is 9.80 Å². The molecule has 1 atom stereocenters. The third kappa shape index (κ3) is 4.16. The largest absolute Gasteiger partial charge is 0.322 e. The SMILES string of the molecule is CC(C)(C)n1nnnc1[C@H](c1cccs1)[NH+]1CC[NH+](Cc2ccccc2)CC1. The summed E-state index contributed by atoms with van der Waals surface area (Å²) in [5.74, 6) is 0.983. The third-order valence-electron chi connectivity index (χ3n) is 5.52. The Morgan fingerprint density at radius 3 is 2.43 bits per heavy atom. The van der Waals surface area contributed by atoms with Gasteiger partial charge in [0.15, 0.2) is 6.04 Å². The number of piperazine rings is 1. The fourth-order valence-corrected chi connectivity index (χ4v) is 4.97. The Hall–Kier alpha value is -2.09. The van der Waals surface area contributed by atoms with E-state index in [0.29, 0.717) is 0 Å². The molecule has 0 aliphatic carbocycles. The van der Waals surface area contributed by atoms with Gasteiger partial charge in [0.1, 0.15) is 32.7 Å². The van der Waals surface area contributed by atoms with Crippen LogP contribution in [0.4, 0.5) is 0 Å². The van der Waals surface area contributed by atoms with Crippen LogP contribution in [0.2, 0.25) is 0 Å². The number of hydrogen-bond acceptors (Lipinski definition) is 4. The first-order valence-electron chi connectivity index (χ1n) is 10.1. The van der Waals surface area contributed by atoms with Gasteiger partial charge >= 0.3 is 0 Å². The van der Waals surface area contributed by atoms with Gasteiger partial charge in [-0.1, -0.05) is 36.4 Å². The van der Waals surface area contributed by atoms with Crippen LogP contribution in [0.3, 0.4) is 0 Å². The molecule has 3 heterocycles. The standard InChI is InChI=1S/C21H28N6S/c1-21(2,3)27-20(22-23-24-27)19(18-10-7-15-28-18)26-13-11-25(12-14-26)16-17-8-5-4-6-9-17/h4-10,15,19H,11-14,16H2,1-3H3/p+2/t19-/m0/s1. The Balaban J connectivity index is 1.53. The summed E-state index contributed by atoms with van der Waals surface area (Å²) in [5.41, 5.74) is 1.29. The van der Waals surface area contributed by atoms with Crippen molar-refractivity contribution < 1.29 is 9.80 Å². The molecule has 0 bridgehead atoms. The lowest BCUT2D eigenvalue weighted by Gasteiger charge is -2.34. The van der Waals surface area contributed by atoms with E-state index >= 15 is 0 Å². The number of benzene rings is 1. The molecule has 3 aromatic rings. The van der Waals surface area contributed by atoms with Gasteiger partial charge in [-0.3, -0.25) is 0 Å². The number of hydrogen-bond donors (Lipinski definition) is 2. The zero-order valence-corrected chi connectivity index (χ0v) is 17.7. The lowest BCUT2D eigenvalue weighted by atomic mass is 10.1. The van der Waals surface area contributed by atoms with E-state index in [1.54, 1.807) is 9.80 Å². The second kappa shape index (κ2) is 8.11. The first kappa shape index (κ1) is 19.2. The minimum absolute atomic E-state index is 0.131. The number of thiophene rings is 1. The van der Waals surface area contributed by atoms with Crippen molar-refractivity contribution in [2.75, 3.05) is 26.2 Å². The molecule has 2 aromatic heterocycles. The van der Waals surface area contributed by atoms with Crippen LogP contribution in [0.5, 0.6) is 0 Å². The molecule has 1 aliphatic heterocycles. The highest BCUT2D eigenvalue weighted by Gasteiger charge is 2.37. The molecule has 148 valence electrons. The van der Waals surface area contributed by atoms with Crippen LogP contribution in [0.1, 0.15) is 43.1 Å². The summed E-state index contributed by atoms with van der Waals surface area (Å²) in [6, 6.07) is 15.4. The monoisotopic (exact) mass is 398 g/mol. The van der Waals surface area contributed by atoms with E-state index in [4.69, 9.17) is 0 Å². The molecule has 0 unspecified atom stereocenters. The predicted molar refractivity (Wildman–Crippen MR) is 111 cm³/mol. The summed E-state index contributed by atoms with van der Waals surface area (Å²) in [7, 11) is 0.